The Balaban J connectivity index is 4.00. The van der Waals surface area contributed by atoms with E-state index >= 15 is 0 Å². The Kier molecular flexibility index (Phi) is 7.00. The summed E-state index contributed by atoms with van der Waals surface area (Å²) in [6.07, 6.45) is -1.93. The molecule has 2 N–H and O–H groups in total. The van der Waals surface area contributed by atoms with Crippen LogP contribution in [0.1, 0.15) is 41.0 Å². The summed E-state index contributed by atoms with van der Waals surface area (Å²) in [4.78, 5) is 28.6. The van der Waals surface area contributed by atoms with E-state index in [1.807, 2.05) is 20.8 Å². The van der Waals surface area contributed by atoms with Crippen LogP contribution in [0.15, 0.2) is 0 Å². The number of carbonyl (C=O) groups excluding carboxylic acids is 1. The zero-order valence-electron chi connectivity index (χ0n) is 12.0. The average molecular weight is 298 g/mol. The van der Waals surface area contributed by atoms with Crippen molar-refractivity contribution in [1.82, 2.24) is 0 Å². The zero-order chi connectivity index (χ0) is 15.3. The smallest absolute Gasteiger partial charge is 0.434 e. The third-order valence-electron chi connectivity index (χ3n) is 1.90. The van der Waals surface area contributed by atoms with E-state index in [1.165, 1.54) is 6.92 Å². The molecular formula is C11H23O7P. The summed E-state index contributed by atoms with van der Waals surface area (Å²) in [5.41, 5.74) is -0.154. The molecule has 0 aromatic heterocycles. The lowest BCUT2D eigenvalue weighted by Crippen LogP contribution is -2.24. The minimum absolute atomic E-state index is 0.154. The number of phosphoric acid groups is 1. The number of phosphoric ester groups is 1. The minimum atomic E-state index is -4.52. The number of rotatable bonds is 6. The van der Waals surface area contributed by atoms with Crippen LogP contribution in [0.2, 0.25) is 0 Å². The molecule has 0 aliphatic carbocycles. The van der Waals surface area contributed by atoms with Gasteiger partial charge in [-0.25, -0.2) is 9.36 Å². The zero-order valence-corrected chi connectivity index (χ0v) is 12.8. The fourth-order valence-electron chi connectivity index (χ4n) is 1.27. The summed E-state index contributed by atoms with van der Waals surface area (Å²) < 4.78 is 24.9. The molecule has 0 aromatic carbocycles. The van der Waals surface area contributed by atoms with Crippen LogP contribution in [-0.4, -0.2) is 34.8 Å². The number of hydrogen-bond acceptors (Lipinski definition) is 5. The van der Waals surface area contributed by atoms with Gasteiger partial charge in [0.1, 0.15) is 6.10 Å². The quantitative estimate of drug-likeness (QED) is 0.573. The highest BCUT2D eigenvalue weighted by Gasteiger charge is 2.22. The van der Waals surface area contributed by atoms with Gasteiger partial charge in [-0.05, 0) is 19.3 Å². The SMILES string of the molecule is C[C@@H](C[C@H](C)OP(=O)(O)O)OC(=O)OCC(C)(C)C. The van der Waals surface area contributed by atoms with Crippen molar-refractivity contribution < 1.29 is 33.1 Å². The van der Waals surface area contributed by atoms with E-state index in [0.717, 1.165) is 0 Å². The van der Waals surface area contributed by atoms with Crippen LogP contribution in [0.5, 0.6) is 0 Å². The molecule has 0 spiro atoms. The number of ether oxygens (including phenoxy) is 2. The molecule has 0 heterocycles. The van der Waals surface area contributed by atoms with E-state index < -0.39 is 26.2 Å². The molecule has 0 aliphatic rings. The molecule has 0 saturated carbocycles. The first-order valence-corrected chi connectivity index (χ1v) is 7.49. The molecule has 2 atom stereocenters. The summed E-state index contributed by atoms with van der Waals surface area (Å²) in [5.74, 6) is 0. The van der Waals surface area contributed by atoms with Crippen molar-refractivity contribution in [3.8, 4) is 0 Å². The first-order chi connectivity index (χ1) is 8.39. The lowest BCUT2D eigenvalue weighted by atomic mass is 9.99. The van der Waals surface area contributed by atoms with E-state index in [2.05, 4.69) is 4.52 Å². The monoisotopic (exact) mass is 298 g/mol. The molecule has 0 aromatic rings. The van der Waals surface area contributed by atoms with Gasteiger partial charge in [0.05, 0.1) is 12.7 Å². The highest BCUT2D eigenvalue weighted by Crippen LogP contribution is 2.38. The summed E-state index contributed by atoms with van der Waals surface area (Å²) >= 11 is 0. The van der Waals surface area contributed by atoms with Gasteiger partial charge in [0.15, 0.2) is 0 Å². The number of hydrogen-bond donors (Lipinski definition) is 2. The van der Waals surface area contributed by atoms with Gasteiger partial charge in [0, 0.05) is 6.42 Å². The third kappa shape index (κ3) is 12.2. The molecule has 7 nitrogen and oxygen atoms in total. The molecule has 0 aliphatic heterocycles. The maximum absolute atomic E-state index is 11.3. The van der Waals surface area contributed by atoms with Crippen LogP contribution in [0.3, 0.4) is 0 Å². The second-order valence-electron chi connectivity index (χ2n) is 5.67. The van der Waals surface area contributed by atoms with Gasteiger partial charge in [-0.3, -0.25) is 4.52 Å². The van der Waals surface area contributed by atoms with Crippen LogP contribution in [0.25, 0.3) is 0 Å². The first-order valence-electron chi connectivity index (χ1n) is 5.96. The molecule has 0 rings (SSSR count). The Hall–Kier alpha value is -0.620. The average Bonchev–Trinajstić information content (AvgIpc) is 2.09. The summed E-state index contributed by atoms with van der Waals surface area (Å²) in [6, 6.07) is 0. The highest BCUT2D eigenvalue weighted by atomic mass is 31.2. The van der Waals surface area contributed by atoms with Gasteiger partial charge in [-0.1, -0.05) is 20.8 Å². The standard InChI is InChI=1S/C11H23O7P/c1-8(6-9(2)18-19(13,14)15)17-10(12)16-7-11(3,4)5/h8-9H,6-7H2,1-5H3,(H2,13,14,15)/t8-,9-/m0/s1. The second-order valence-corrected chi connectivity index (χ2v) is 6.86. The van der Waals surface area contributed by atoms with Gasteiger partial charge in [0.2, 0.25) is 0 Å². The third-order valence-corrected chi connectivity index (χ3v) is 2.54. The van der Waals surface area contributed by atoms with Crippen molar-refractivity contribution >= 4 is 14.0 Å². The van der Waals surface area contributed by atoms with Crippen molar-refractivity contribution in [2.75, 3.05) is 6.61 Å². The normalized spacial score (nSPS) is 15.7. The summed E-state index contributed by atoms with van der Waals surface area (Å²) in [6.45, 7) is 9.06. The Bertz CT molecular complexity index is 330. The fraction of sp³-hybridized carbons (Fsp3) is 0.909. The van der Waals surface area contributed by atoms with Crippen molar-refractivity contribution in [3.05, 3.63) is 0 Å². The molecule has 8 heteroatoms. The van der Waals surface area contributed by atoms with E-state index in [1.54, 1.807) is 6.92 Å². The largest absolute Gasteiger partial charge is 0.508 e. The predicted molar refractivity (Wildman–Crippen MR) is 68.6 cm³/mol. The highest BCUT2D eigenvalue weighted by molar-refractivity contribution is 7.46. The fourth-order valence-corrected chi connectivity index (χ4v) is 1.82. The van der Waals surface area contributed by atoms with E-state index in [-0.39, 0.29) is 18.4 Å². The number of carbonyl (C=O) groups is 1. The molecule has 0 radical (unpaired) electrons. The van der Waals surface area contributed by atoms with E-state index in [9.17, 15) is 9.36 Å². The summed E-state index contributed by atoms with van der Waals surface area (Å²) in [7, 11) is -4.52. The van der Waals surface area contributed by atoms with Crippen molar-refractivity contribution in [2.24, 2.45) is 5.41 Å². The molecule has 19 heavy (non-hydrogen) atoms. The predicted octanol–water partition coefficient (Wildman–Crippen LogP) is 2.46. The molecule has 0 amide bonds. The van der Waals surface area contributed by atoms with Crippen LogP contribution in [-0.2, 0) is 18.6 Å². The van der Waals surface area contributed by atoms with Gasteiger partial charge in [-0.2, -0.15) is 0 Å². The van der Waals surface area contributed by atoms with Crippen molar-refractivity contribution in [3.63, 3.8) is 0 Å². The van der Waals surface area contributed by atoms with Crippen LogP contribution in [0, 0.1) is 5.41 Å². The molecule has 0 saturated heterocycles. The molecule has 0 fully saturated rings. The molecule has 0 unspecified atom stereocenters. The summed E-state index contributed by atoms with van der Waals surface area (Å²) in [5, 5.41) is 0. The lowest BCUT2D eigenvalue weighted by Gasteiger charge is -2.20. The van der Waals surface area contributed by atoms with Gasteiger partial charge in [-0.15, -0.1) is 0 Å². The topological polar surface area (TPSA) is 102 Å². The van der Waals surface area contributed by atoms with Gasteiger partial charge >= 0.3 is 14.0 Å². The van der Waals surface area contributed by atoms with Gasteiger partial charge in [0.25, 0.3) is 0 Å². The Morgan fingerprint density at radius 1 is 1.21 bits per heavy atom. The molecule has 0 bridgehead atoms. The van der Waals surface area contributed by atoms with Crippen LogP contribution >= 0.6 is 7.82 Å². The maximum Gasteiger partial charge on any atom is 0.508 e. The first kappa shape index (κ1) is 18.4. The Morgan fingerprint density at radius 3 is 2.16 bits per heavy atom. The van der Waals surface area contributed by atoms with Crippen molar-refractivity contribution in [1.29, 1.82) is 0 Å². The second kappa shape index (κ2) is 7.24. The maximum atomic E-state index is 11.3. The minimum Gasteiger partial charge on any atom is -0.434 e. The molecule has 114 valence electrons. The van der Waals surface area contributed by atoms with E-state index in [4.69, 9.17) is 19.3 Å². The Morgan fingerprint density at radius 2 is 1.74 bits per heavy atom. The van der Waals surface area contributed by atoms with Gasteiger partial charge < -0.3 is 19.3 Å². The van der Waals surface area contributed by atoms with Crippen LogP contribution < -0.4 is 0 Å². The lowest BCUT2D eigenvalue weighted by molar-refractivity contribution is -0.000236. The molecular weight excluding hydrogens is 275 g/mol. The van der Waals surface area contributed by atoms with Crippen LogP contribution in [0.4, 0.5) is 4.79 Å². The van der Waals surface area contributed by atoms with E-state index in [0.29, 0.717) is 0 Å². The van der Waals surface area contributed by atoms with Crippen molar-refractivity contribution in [2.45, 2.75) is 53.2 Å². The Labute approximate surface area is 113 Å².